The fourth-order valence-electron chi connectivity index (χ4n) is 2.03. The monoisotopic (exact) mass is 369 g/mol. The van der Waals surface area contributed by atoms with Crippen molar-refractivity contribution in [2.45, 2.75) is 51.1 Å². The summed E-state index contributed by atoms with van der Waals surface area (Å²) < 4.78 is 72.2. The topological polar surface area (TPSA) is 38.3 Å². The number of benzene rings is 1. The number of nitrogens with one attached hydrogen (secondary N) is 1. The van der Waals surface area contributed by atoms with Gasteiger partial charge in [0.05, 0.1) is 34.5 Å². The van der Waals surface area contributed by atoms with Gasteiger partial charge in [-0.15, -0.1) is 0 Å². The molecular weight excluding hydrogens is 346 g/mol. The van der Waals surface area contributed by atoms with E-state index in [1.165, 1.54) is 6.07 Å². The SMILES string of the molecule is CC.CC(C)(C)S(=O)NC1(c2cccc(C(F)(F)F)c2F)COC1. The average Bonchev–Trinajstić information content (AvgIpc) is 2.43. The van der Waals surface area contributed by atoms with Crippen molar-refractivity contribution in [2.75, 3.05) is 13.2 Å². The third-order valence-corrected chi connectivity index (χ3v) is 5.05. The van der Waals surface area contributed by atoms with Crippen LogP contribution in [0.1, 0.15) is 45.7 Å². The molecule has 0 saturated carbocycles. The molecule has 0 aromatic heterocycles. The number of hydrogen-bond donors (Lipinski definition) is 1. The van der Waals surface area contributed by atoms with Gasteiger partial charge in [-0.3, -0.25) is 0 Å². The molecule has 1 saturated heterocycles. The molecule has 1 heterocycles. The number of ether oxygens (including phenoxy) is 1. The van der Waals surface area contributed by atoms with Crippen molar-refractivity contribution in [1.29, 1.82) is 0 Å². The minimum atomic E-state index is -4.78. The van der Waals surface area contributed by atoms with Gasteiger partial charge in [-0.05, 0) is 26.8 Å². The lowest BCUT2D eigenvalue weighted by Gasteiger charge is -2.43. The Morgan fingerprint density at radius 3 is 2.08 bits per heavy atom. The van der Waals surface area contributed by atoms with E-state index in [1.807, 2.05) is 13.8 Å². The van der Waals surface area contributed by atoms with Crippen LogP contribution in [0.2, 0.25) is 0 Å². The van der Waals surface area contributed by atoms with Gasteiger partial charge in [0.25, 0.3) is 0 Å². The first-order valence-electron chi connectivity index (χ1n) is 7.61. The summed E-state index contributed by atoms with van der Waals surface area (Å²) in [4.78, 5) is 0. The molecular formula is C16H23F4NO2S. The molecule has 3 nitrogen and oxygen atoms in total. The Hall–Kier alpha value is -0.990. The minimum absolute atomic E-state index is 0.0347. The van der Waals surface area contributed by atoms with Gasteiger partial charge < -0.3 is 4.74 Å². The van der Waals surface area contributed by atoms with E-state index in [4.69, 9.17) is 4.74 Å². The van der Waals surface area contributed by atoms with Crippen LogP contribution in [-0.2, 0) is 27.4 Å². The van der Waals surface area contributed by atoms with Gasteiger partial charge in [-0.1, -0.05) is 26.0 Å². The number of alkyl halides is 3. The highest BCUT2D eigenvalue weighted by atomic mass is 32.2. The lowest BCUT2D eigenvalue weighted by atomic mass is 9.87. The highest BCUT2D eigenvalue weighted by molar-refractivity contribution is 7.84. The Bertz CT molecular complexity index is 593. The zero-order chi connectivity index (χ0) is 18.8. The molecule has 1 aliphatic heterocycles. The van der Waals surface area contributed by atoms with E-state index in [1.54, 1.807) is 20.8 Å². The molecule has 1 unspecified atom stereocenters. The minimum Gasteiger partial charge on any atom is -0.377 e. The first kappa shape index (κ1) is 21.1. The van der Waals surface area contributed by atoms with Crippen LogP contribution in [0.3, 0.4) is 0 Å². The molecule has 0 spiro atoms. The first-order valence-corrected chi connectivity index (χ1v) is 8.76. The van der Waals surface area contributed by atoms with Crippen LogP contribution in [0.5, 0.6) is 0 Å². The molecule has 0 radical (unpaired) electrons. The molecule has 138 valence electrons. The highest BCUT2D eigenvalue weighted by Crippen LogP contribution is 2.38. The maximum Gasteiger partial charge on any atom is 0.419 e. The van der Waals surface area contributed by atoms with Crippen molar-refractivity contribution in [3.8, 4) is 0 Å². The summed E-state index contributed by atoms with van der Waals surface area (Å²) in [6.07, 6.45) is -4.78. The summed E-state index contributed by atoms with van der Waals surface area (Å²) in [5.74, 6) is -1.35. The van der Waals surface area contributed by atoms with Crippen molar-refractivity contribution in [1.82, 2.24) is 4.72 Å². The summed E-state index contributed by atoms with van der Waals surface area (Å²) in [6.45, 7) is 9.07. The summed E-state index contributed by atoms with van der Waals surface area (Å²) in [5, 5.41) is 0. The van der Waals surface area contributed by atoms with Crippen molar-refractivity contribution < 1.29 is 26.5 Å². The van der Waals surface area contributed by atoms with Gasteiger partial charge in [0.2, 0.25) is 0 Å². The van der Waals surface area contributed by atoms with Crippen LogP contribution in [0.4, 0.5) is 17.6 Å². The molecule has 2 rings (SSSR count). The second-order valence-corrected chi connectivity index (χ2v) is 8.19. The van der Waals surface area contributed by atoms with Crippen molar-refractivity contribution >= 4 is 11.0 Å². The standard InChI is InChI=1S/C14H17F4NO2S.C2H6/c1-12(2,3)22(20)19-13(7-21-8-13)9-5-4-6-10(11(9)15)14(16,17)18;1-2/h4-6,19H,7-8H2,1-3H3;1-2H3. The normalized spacial score (nSPS) is 18.2. The first-order chi connectivity index (χ1) is 11.0. The predicted molar refractivity (Wildman–Crippen MR) is 86.3 cm³/mol. The lowest BCUT2D eigenvalue weighted by molar-refractivity contribution is -0.140. The Balaban J connectivity index is 0.00000139. The van der Waals surface area contributed by atoms with Crippen molar-refractivity contribution in [3.05, 3.63) is 35.1 Å². The quantitative estimate of drug-likeness (QED) is 0.813. The van der Waals surface area contributed by atoms with E-state index in [0.29, 0.717) is 6.07 Å². The third-order valence-electron chi connectivity index (χ3n) is 3.36. The molecule has 8 heteroatoms. The zero-order valence-electron chi connectivity index (χ0n) is 14.4. The number of hydrogen-bond acceptors (Lipinski definition) is 2. The lowest BCUT2D eigenvalue weighted by Crippen LogP contribution is -2.60. The molecule has 0 bridgehead atoms. The van der Waals surface area contributed by atoms with Gasteiger partial charge in [-0.2, -0.15) is 13.2 Å². The molecule has 1 fully saturated rings. The highest BCUT2D eigenvalue weighted by Gasteiger charge is 2.47. The smallest absolute Gasteiger partial charge is 0.377 e. The number of halogens is 4. The molecule has 1 aromatic carbocycles. The van der Waals surface area contributed by atoms with Crippen LogP contribution >= 0.6 is 0 Å². The number of rotatable bonds is 3. The second-order valence-electron chi connectivity index (χ2n) is 6.22. The summed E-state index contributed by atoms with van der Waals surface area (Å²) >= 11 is 0. The Labute approximate surface area is 142 Å². The van der Waals surface area contributed by atoms with Crippen LogP contribution in [-0.4, -0.2) is 22.2 Å². The van der Waals surface area contributed by atoms with E-state index >= 15 is 0 Å². The maximum absolute atomic E-state index is 14.3. The largest absolute Gasteiger partial charge is 0.419 e. The zero-order valence-corrected chi connectivity index (χ0v) is 15.2. The van der Waals surface area contributed by atoms with Crippen LogP contribution < -0.4 is 4.72 Å². The molecule has 0 amide bonds. The van der Waals surface area contributed by atoms with Crippen LogP contribution in [0.25, 0.3) is 0 Å². The fourth-order valence-corrected chi connectivity index (χ4v) is 2.92. The Morgan fingerprint density at radius 1 is 1.17 bits per heavy atom. The molecule has 24 heavy (non-hydrogen) atoms. The molecule has 0 aliphatic carbocycles. The van der Waals surface area contributed by atoms with Crippen LogP contribution in [0, 0.1) is 5.82 Å². The van der Waals surface area contributed by atoms with E-state index in [2.05, 4.69) is 4.72 Å². The predicted octanol–water partition coefficient (Wildman–Crippen LogP) is 4.15. The van der Waals surface area contributed by atoms with Crippen molar-refractivity contribution in [2.24, 2.45) is 0 Å². The Kier molecular flexibility index (Phi) is 6.57. The third kappa shape index (κ3) is 4.34. The average molecular weight is 369 g/mol. The Morgan fingerprint density at radius 2 is 1.71 bits per heavy atom. The summed E-state index contributed by atoms with van der Waals surface area (Å²) in [5.41, 5.74) is -2.71. The van der Waals surface area contributed by atoms with E-state index in [-0.39, 0.29) is 18.8 Å². The van der Waals surface area contributed by atoms with Gasteiger partial charge >= 0.3 is 6.18 Å². The van der Waals surface area contributed by atoms with Gasteiger partial charge in [-0.25, -0.2) is 13.3 Å². The van der Waals surface area contributed by atoms with E-state index in [0.717, 1.165) is 6.07 Å². The van der Waals surface area contributed by atoms with Gasteiger partial charge in [0.1, 0.15) is 11.4 Å². The van der Waals surface area contributed by atoms with Gasteiger partial charge in [0.15, 0.2) is 0 Å². The fraction of sp³-hybridized carbons (Fsp3) is 0.625. The molecule has 1 N–H and O–H groups in total. The molecule has 1 atom stereocenters. The van der Waals surface area contributed by atoms with E-state index < -0.39 is 38.8 Å². The molecule has 1 aromatic rings. The van der Waals surface area contributed by atoms with Crippen LogP contribution in [0.15, 0.2) is 18.2 Å². The maximum atomic E-state index is 14.3. The second kappa shape index (κ2) is 7.49. The summed E-state index contributed by atoms with van der Waals surface area (Å²) in [6, 6.07) is 3.09. The van der Waals surface area contributed by atoms with E-state index in [9.17, 15) is 21.8 Å². The molecule has 1 aliphatic rings. The van der Waals surface area contributed by atoms with Gasteiger partial charge in [0, 0.05) is 5.56 Å². The van der Waals surface area contributed by atoms with Crippen molar-refractivity contribution in [3.63, 3.8) is 0 Å². The summed E-state index contributed by atoms with van der Waals surface area (Å²) in [7, 11) is -1.57.